The number of hydrogen-bond acceptors (Lipinski definition) is 1. The van der Waals surface area contributed by atoms with Crippen molar-refractivity contribution in [3.8, 4) is 0 Å². The van der Waals surface area contributed by atoms with Gasteiger partial charge in [-0.05, 0) is 32.3 Å². The van der Waals surface area contributed by atoms with E-state index >= 15 is 0 Å². The number of carbonyl (C=O) groups is 1. The van der Waals surface area contributed by atoms with E-state index in [0.717, 1.165) is 12.8 Å². The van der Waals surface area contributed by atoms with Crippen LogP contribution in [0.2, 0.25) is 0 Å². The van der Waals surface area contributed by atoms with E-state index < -0.39 is 0 Å². The zero-order valence-electron chi connectivity index (χ0n) is 11.7. The van der Waals surface area contributed by atoms with Gasteiger partial charge in [-0.25, -0.2) is 0 Å². The fourth-order valence-electron chi connectivity index (χ4n) is 3.12. The third-order valence-electron chi connectivity index (χ3n) is 3.97. The predicted octanol–water partition coefficient (Wildman–Crippen LogP) is 4.39. The standard InChI is InChI=1S/C17H24O/c1-13-9-14(2)11-15(10-13)12-17(18)16-7-5-3-4-6-8-16/h9-11,16H,3-8,12H2,1-2H3. The molecule has 0 saturated heterocycles. The van der Waals surface area contributed by atoms with Crippen LogP contribution in [0.1, 0.15) is 55.2 Å². The normalized spacial score (nSPS) is 17.4. The second-order valence-corrected chi connectivity index (χ2v) is 5.83. The molecule has 0 amide bonds. The quantitative estimate of drug-likeness (QED) is 0.721. The Hall–Kier alpha value is -1.11. The Bertz CT molecular complexity index is 391. The maximum Gasteiger partial charge on any atom is 0.140 e. The highest BCUT2D eigenvalue weighted by Crippen LogP contribution is 2.25. The summed E-state index contributed by atoms with van der Waals surface area (Å²) >= 11 is 0. The molecule has 18 heavy (non-hydrogen) atoms. The molecule has 0 atom stereocenters. The zero-order valence-corrected chi connectivity index (χ0v) is 11.7. The van der Waals surface area contributed by atoms with Crippen LogP contribution in [-0.2, 0) is 11.2 Å². The average molecular weight is 244 g/mol. The molecular formula is C17H24O. The van der Waals surface area contributed by atoms with Crippen LogP contribution < -0.4 is 0 Å². The molecule has 1 fully saturated rings. The van der Waals surface area contributed by atoms with Crippen molar-refractivity contribution in [1.29, 1.82) is 0 Å². The average Bonchev–Trinajstić information content (AvgIpc) is 2.55. The summed E-state index contributed by atoms with van der Waals surface area (Å²) in [7, 11) is 0. The summed E-state index contributed by atoms with van der Waals surface area (Å²) in [6, 6.07) is 6.48. The third kappa shape index (κ3) is 3.69. The molecule has 0 radical (unpaired) electrons. The summed E-state index contributed by atoms with van der Waals surface area (Å²) in [6.07, 6.45) is 7.97. The van der Waals surface area contributed by atoms with Gasteiger partial charge < -0.3 is 0 Å². The van der Waals surface area contributed by atoms with Gasteiger partial charge in [0, 0.05) is 12.3 Å². The first-order chi connectivity index (χ1) is 8.65. The van der Waals surface area contributed by atoms with Gasteiger partial charge in [-0.1, -0.05) is 55.0 Å². The highest BCUT2D eigenvalue weighted by atomic mass is 16.1. The second-order valence-electron chi connectivity index (χ2n) is 5.83. The van der Waals surface area contributed by atoms with Gasteiger partial charge in [0.25, 0.3) is 0 Å². The van der Waals surface area contributed by atoms with Gasteiger partial charge in [0.05, 0.1) is 0 Å². The molecule has 0 aromatic heterocycles. The minimum Gasteiger partial charge on any atom is -0.299 e. The van der Waals surface area contributed by atoms with Gasteiger partial charge in [0.2, 0.25) is 0 Å². The van der Waals surface area contributed by atoms with E-state index in [4.69, 9.17) is 0 Å². The van der Waals surface area contributed by atoms with Crippen molar-refractivity contribution < 1.29 is 4.79 Å². The van der Waals surface area contributed by atoms with Gasteiger partial charge >= 0.3 is 0 Å². The molecular weight excluding hydrogens is 220 g/mol. The van der Waals surface area contributed by atoms with Crippen LogP contribution in [0.15, 0.2) is 18.2 Å². The summed E-state index contributed by atoms with van der Waals surface area (Å²) < 4.78 is 0. The minimum atomic E-state index is 0.327. The monoisotopic (exact) mass is 244 g/mol. The van der Waals surface area contributed by atoms with Gasteiger partial charge in [-0.3, -0.25) is 4.79 Å². The fraction of sp³-hybridized carbons (Fsp3) is 0.588. The minimum absolute atomic E-state index is 0.327. The van der Waals surface area contributed by atoms with Crippen molar-refractivity contribution in [1.82, 2.24) is 0 Å². The SMILES string of the molecule is Cc1cc(C)cc(CC(=O)C2CCCCCC2)c1. The van der Waals surface area contributed by atoms with Crippen molar-refractivity contribution in [3.63, 3.8) is 0 Å². The maximum atomic E-state index is 12.3. The molecule has 1 heteroatoms. The maximum absolute atomic E-state index is 12.3. The van der Waals surface area contributed by atoms with Gasteiger partial charge in [-0.15, -0.1) is 0 Å². The van der Waals surface area contributed by atoms with Crippen LogP contribution in [0.4, 0.5) is 0 Å². The Labute approximate surface area is 111 Å². The van der Waals surface area contributed by atoms with E-state index in [1.807, 2.05) is 0 Å². The Morgan fingerprint density at radius 3 is 2.11 bits per heavy atom. The first-order valence-corrected chi connectivity index (χ1v) is 7.25. The molecule has 0 spiro atoms. The smallest absolute Gasteiger partial charge is 0.140 e. The van der Waals surface area contributed by atoms with Crippen LogP contribution in [0.25, 0.3) is 0 Å². The molecule has 1 aromatic carbocycles. The third-order valence-corrected chi connectivity index (χ3v) is 3.97. The Balaban J connectivity index is 2.01. The molecule has 0 bridgehead atoms. The summed E-state index contributed by atoms with van der Waals surface area (Å²) in [5.41, 5.74) is 3.72. The molecule has 0 unspecified atom stereocenters. The van der Waals surface area contributed by atoms with Crippen molar-refractivity contribution in [3.05, 3.63) is 34.9 Å². The number of ketones is 1. The topological polar surface area (TPSA) is 17.1 Å². The lowest BCUT2D eigenvalue weighted by atomic mass is 9.91. The predicted molar refractivity (Wildman–Crippen MR) is 75.8 cm³/mol. The summed E-state index contributed by atoms with van der Waals surface area (Å²) in [5.74, 6) is 0.787. The van der Waals surface area contributed by atoms with Crippen molar-refractivity contribution in [2.45, 2.75) is 58.8 Å². The molecule has 0 aliphatic heterocycles. The lowest BCUT2D eigenvalue weighted by Crippen LogP contribution is -2.16. The number of rotatable bonds is 3. The molecule has 1 aliphatic carbocycles. The van der Waals surface area contributed by atoms with E-state index in [1.54, 1.807) is 0 Å². The second kappa shape index (κ2) is 6.17. The largest absolute Gasteiger partial charge is 0.299 e. The van der Waals surface area contributed by atoms with Gasteiger partial charge in [0.1, 0.15) is 5.78 Å². The summed E-state index contributed by atoms with van der Waals surface area (Å²) in [5, 5.41) is 0. The number of aryl methyl sites for hydroxylation is 2. The number of Topliss-reactive ketones (excluding diaryl/α,β-unsaturated/α-hetero) is 1. The van der Waals surface area contributed by atoms with E-state index in [9.17, 15) is 4.79 Å². The molecule has 98 valence electrons. The van der Waals surface area contributed by atoms with Crippen LogP contribution in [0, 0.1) is 19.8 Å². The number of carbonyl (C=O) groups excluding carboxylic acids is 1. The van der Waals surface area contributed by atoms with Crippen molar-refractivity contribution >= 4 is 5.78 Å². The molecule has 1 aliphatic rings. The van der Waals surface area contributed by atoms with Crippen LogP contribution >= 0.6 is 0 Å². The zero-order chi connectivity index (χ0) is 13.0. The Kier molecular flexibility index (Phi) is 4.57. The highest BCUT2D eigenvalue weighted by Gasteiger charge is 2.20. The van der Waals surface area contributed by atoms with Gasteiger partial charge in [0.15, 0.2) is 0 Å². The molecule has 0 heterocycles. The number of benzene rings is 1. The Morgan fingerprint density at radius 2 is 1.56 bits per heavy atom. The lowest BCUT2D eigenvalue weighted by molar-refractivity contribution is -0.122. The van der Waals surface area contributed by atoms with E-state index in [0.29, 0.717) is 18.1 Å². The van der Waals surface area contributed by atoms with E-state index in [-0.39, 0.29) is 0 Å². The van der Waals surface area contributed by atoms with E-state index in [2.05, 4.69) is 32.0 Å². The van der Waals surface area contributed by atoms with Crippen molar-refractivity contribution in [2.75, 3.05) is 0 Å². The first kappa shape index (κ1) is 13.3. The molecule has 0 N–H and O–H groups in total. The van der Waals surface area contributed by atoms with Crippen molar-refractivity contribution in [2.24, 2.45) is 5.92 Å². The van der Waals surface area contributed by atoms with Crippen LogP contribution in [0.5, 0.6) is 0 Å². The molecule has 1 saturated carbocycles. The van der Waals surface area contributed by atoms with Crippen LogP contribution in [0.3, 0.4) is 0 Å². The lowest BCUT2D eigenvalue weighted by Gasteiger charge is -2.13. The van der Waals surface area contributed by atoms with Gasteiger partial charge in [-0.2, -0.15) is 0 Å². The Morgan fingerprint density at radius 1 is 1.00 bits per heavy atom. The first-order valence-electron chi connectivity index (χ1n) is 7.25. The molecule has 1 aromatic rings. The van der Waals surface area contributed by atoms with Crippen LogP contribution in [-0.4, -0.2) is 5.78 Å². The number of hydrogen-bond donors (Lipinski definition) is 0. The summed E-state index contributed by atoms with van der Waals surface area (Å²) in [4.78, 5) is 12.3. The highest BCUT2D eigenvalue weighted by molar-refractivity contribution is 5.83. The van der Waals surface area contributed by atoms with E-state index in [1.165, 1.54) is 42.4 Å². The molecule has 1 nitrogen and oxygen atoms in total. The molecule has 2 rings (SSSR count). The summed E-state index contributed by atoms with van der Waals surface area (Å²) in [6.45, 7) is 4.21. The fourth-order valence-corrected chi connectivity index (χ4v) is 3.12.